The monoisotopic (exact) mass is 1150 g/mol. The van der Waals surface area contributed by atoms with Gasteiger partial charge in [-0.1, -0.05) is 338 Å². The van der Waals surface area contributed by atoms with E-state index in [1.54, 1.807) is 0 Å². The third kappa shape index (κ3) is 67.6. The summed E-state index contributed by atoms with van der Waals surface area (Å²) in [6.07, 6.45) is 92.1. The normalized spacial score (nSPS) is 12.5. The molecule has 1 unspecified atom stereocenters. The Morgan fingerprint density at radius 2 is 0.476 bits per heavy atom. The van der Waals surface area contributed by atoms with Crippen molar-refractivity contribution < 1.29 is 28.6 Å². The molecule has 1 atom stereocenters. The van der Waals surface area contributed by atoms with E-state index in [0.717, 1.165) is 96.3 Å². The molecule has 82 heavy (non-hydrogen) atoms. The van der Waals surface area contributed by atoms with Crippen molar-refractivity contribution in [2.24, 2.45) is 0 Å². The van der Waals surface area contributed by atoms with Crippen LogP contribution in [-0.4, -0.2) is 37.2 Å². The summed E-state index contributed by atoms with van der Waals surface area (Å²) in [6.45, 7) is 6.59. The highest BCUT2D eigenvalue weighted by Gasteiger charge is 2.19. The molecule has 0 aliphatic heterocycles. The molecule has 0 heterocycles. The maximum Gasteiger partial charge on any atom is 0.306 e. The van der Waals surface area contributed by atoms with Crippen molar-refractivity contribution >= 4 is 17.9 Å². The summed E-state index contributed by atoms with van der Waals surface area (Å²) in [7, 11) is 0. The van der Waals surface area contributed by atoms with Crippen molar-refractivity contribution in [2.75, 3.05) is 13.2 Å². The van der Waals surface area contributed by atoms with Crippen LogP contribution < -0.4 is 0 Å². The fraction of sp³-hybridized carbons (Fsp3) is 0.803. The average molecular weight is 1150 g/mol. The first-order chi connectivity index (χ1) is 40.5. The van der Waals surface area contributed by atoms with Gasteiger partial charge in [0.2, 0.25) is 0 Å². The van der Waals surface area contributed by atoms with Crippen LogP contribution in [0, 0.1) is 0 Å². The zero-order chi connectivity index (χ0) is 59.2. The molecular formula is C76H136O6. The molecule has 0 amide bonds. The third-order valence-electron chi connectivity index (χ3n) is 15.9. The van der Waals surface area contributed by atoms with Crippen LogP contribution in [0.1, 0.15) is 374 Å². The SMILES string of the molecule is CC/C=C\C/C=C\C/C=C\C/C=C\C/C=C\CCCCCCCCCCCC(=O)OCC(COC(=O)CCCCCCCCCCCCCCCCCCCC)OC(=O)CCCCCCCCCCC/C=C\CCCCCCCCCC. The van der Waals surface area contributed by atoms with Gasteiger partial charge < -0.3 is 14.2 Å². The first-order valence-electron chi connectivity index (χ1n) is 35.9. The average Bonchev–Trinajstić information content (AvgIpc) is 3.47. The molecule has 0 radical (unpaired) electrons. The van der Waals surface area contributed by atoms with Gasteiger partial charge in [0.05, 0.1) is 0 Å². The van der Waals surface area contributed by atoms with Gasteiger partial charge in [-0.3, -0.25) is 14.4 Å². The molecule has 0 fully saturated rings. The van der Waals surface area contributed by atoms with Crippen molar-refractivity contribution in [1.29, 1.82) is 0 Å². The number of unbranched alkanes of at least 4 members (excludes halogenated alkanes) is 43. The predicted molar refractivity (Wildman–Crippen MR) is 358 cm³/mol. The van der Waals surface area contributed by atoms with Gasteiger partial charge in [-0.2, -0.15) is 0 Å². The molecule has 0 aliphatic carbocycles. The Balaban J connectivity index is 4.35. The Bertz CT molecular complexity index is 1500. The number of carbonyl (C=O) groups is 3. The molecule has 0 aliphatic rings. The molecular weight excluding hydrogens is 1010 g/mol. The van der Waals surface area contributed by atoms with Crippen LogP contribution in [-0.2, 0) is 28.6 Å². The molecule has 0 saturated heterocycles. The van der Waals surface area contributed by atoms with E-state index in [1.807, 2.05) is 0 Å². The number of ether oxygens (including phenoxy) is 3. The van der Waals surface area contributed by atoms with E-state index in [0.29, 0.717) is 19.3 Å². The lowest BCUT2D eigenvalue weighted by molar-refractivity contribution is -0.167. The van der Waals surface area contributed by atoms with E-state index in [9.17, 15) is 14.4 Å². The molecule has 476 valence electrons. The Morgan fingerprint density at radius 3 is 0.756 bits per heavy atom. The summed E-state index contributed by atoms with van der Waals surface area (Å²) >= 11 is 0. The summed E-state index contributed by atoms with van der Waals surface area (Å²) in [6, 6.07) is 0. The van der Waals surface area contributed by atoms with Gasteiger partial charge in [0.1, 0.15) is 13.2 Å². The standard InChI is InChI=1S/C76H136O6/c1-4-7-10-13-16-19-22-25-28-31-34-36-37-38-39-41-42-45-48-51-54-57-60-63-66-69-75(78)81-72-73(71-80-74(77)68-65-62-59-56-53-50-47-44-33-30-27-24-21-18-15-12-9-6-3)82-76(79)70-67-64-61-58-55-52-49-46-43-40-35-32-29-26-23-20-17-14-11-8-5-2/h7,10,16,19,25,28,32,34-36,38-39,73H,4-6,8-9,11-15,17-18,20-24,26-27,29-31,33,37,40-72H2,1-3H3/b10-7-,19-16-,28-25-,35-32-,36-34-,39-38-. The molecule has 6 heteroatoms. The molecule has 6 nitrogen and oxygen atoms in total. The largest absolute Gasteiger partial charge is 0.462 e. The van der Waals surface area contributed by atoms with Gasteiger partial charge in [0.15, 0.2) is 6.10 Å². The summed E-state index contributed by atoms with van der Waals surface area (Å²) < 4.78 is 17.0. The zero-order valence-corrected chi connectivity index (χ0v) is 54.8. The molecule has 0 spiro atoms. The molecule has 0 aromatic rings. The van der Waals surface area contributed by atoms with Crippen molar-refractivity contribution in [1.82, 2.24) is 0 Å². The van der Waals surface area contributed by atoms with Crippen molar-refractivity contribution in [3.05, 3.63) is 72.9 Å². The maximum absolute atomic E-state index is 13.0. The summed E-state index contributed by atoms with van der Waals surface area (Å²) in [5.41, 5.74) is 0. The number of carbonyl (C=O) groups excluding carboxylic acids is 3. The minimum Gasteiger partial charge on any atom is -0.462 e. The van der Waals surface area contributed by atoms with Crippen molar-refractivity contribution in [3.63, 3.8) is 0 Å². The van der Waals surface area contributed by atoms with Crippen LogP contribution in [0.4, 0.5) is 0 Å². The van der Waals surface area contributed by atoms with Gasteiger partial charge >= 0.3 is 17.9 Å². The highest BCUT2D eigenvalue weighted by Crippen LogP contribution is 2.18. The second-order valence-corrected chi connectivity index (χ2v) is 24.1. The number of allylic oxidation sites excluding steroid dienone is 12. The van der Waals surface area contributed by atoms with Crippen LogP contribution in [0.2, 0.25) is 0 Å². The lowest BCUT2D eigenvalue weighted by atomic mass is 10.0. The van der Waals surface area contributed by atoms with E-state index in [4.69, 9.17) is 14.2 Å². The van der Waals surface area contributed by atoms with Crippen LogP contribution in [0.15, 0.2) is 72.9 Å². The first-order valence-corrected chi connectivity index (χ1v) is 35.9. The number of esters is 3. The van der Waals surface area contributed by atoms with Gasteiger partial charge in [0.25, 0.3) is 0 Å². The molecule has 0 saturated carbocycles. The second kappa shape index (κ2) is 70.3. The predicted octanol–water partition coefficient (Wildman–Crippen LogP) is 24.8. The van der Waals surface area contributed by atoms with Gasteiger partial charge in [-0.15, -0.1) is 0 Å². The van der Waals surface area contributed by atoms with Crippen molar-refractivity contribution in [3.8, 4) is 0 Å². The van der Waals surface area contributed by atoms with Crippen molar-refractivity contribution in [2.45, 2.75) is 380 Å². The molecule has 0 aromatic carbocycles. The van der Waals surface area contributed by atoms with E-state index >= 15 is 0 Å². The second-order valence-electron chi connectivity index (χ2n) is 24.1. The van der Waals surface area contributed by atoms with Gasteiger partial charge in [0, 0.05) is 19.3 Å². The molecule has 0 rings (SSSR count). The highest BCUT2D eigenvalue weighted by atomic mass is 16.6. The fourth-order valence-corrected chi connectivity index (χ4v) is 10.6. The lowest BCUT2D eigenvalue weighted by Crippen LogP contribution is -2.30. The fourth-order valence-electron chi connectivity index (χ4n) is 10.6. The van der Waals surface area contributed by atoms with E-state index in [-0.39, 0.29) is 31.1 Å². The Morgan fingerprint density at radius 1 is 0.256 bits per heavy atom. The first kappa shape index (κ1) is 78.8. The quantitative estimate of drug-likeness (QED) is 0.0261. The number of hydrogen-bond acceptors (Lipinski definition) is 6. The van der Waals surface area contributed by atoms with Gasteiger partial charge in [-0.25, -0.2) is 0 Å². The van der Waals surface area contributed by atoms with E-state index in [2.05, 4.69) is 93.7 Å². The summed E-state index contributed by atoms with van der Waals surface area (Å²) in [4.78, 5) is 38.5. The topological polar surface area (TPSA) is 78.9 Å². The minimum atomic E-state index is -0.779. The van der Waals surface area contributed by atoms with E-state index in [1.165, 1.54) is 238 Å². The van der Waals surface area contributed by atoms with Crippen LogP contribution in [0.3, 0.4) is 0 Å². The molecule has 0 aromatic heterocycles. The minimum absolute atomic E-state index is 0.0735. The Labute approximate surface area is 510 Å². The van der Waals surface area contributed by atoms with Crippen LogP contribution in [0.5, 0.6) is 0 Å². The molecule has 0 N–H and O–H groups in total. The highest BCUT2D eigenvalue weighted by molar-refractivity contribution is 5.71. The Kier molecular flexibility index (Phi) is 67.6. The smallest absolute Gasteiger partial charge is 0.306 e. The summed E-state index contributed by atoms with van der Waals surface area (Å²) in [5, 5.41) is 0. The maximum atomic E-state index is 13.0. The molecule has 0 bridgehead atoms. The van der Waals surface area contributed by atoms with Crippen LogP contribution in [0.25, 0.3) is 0 Å². The zero-order valence-electron chi connectivity index (χ0n) is 54.8. The Hall–Kier alpha value is -3.15. The van der Waals surface area contributed by atoms with E-state index < -0.39 is 6.10 Å². The third-order valence-corrected chi connectivity index (χ3v) is 15.9. The van der Waals surface area contributed by atoms with Gasteiger partial charge in [-0.05, 0) is 89.9 Å². The number of hydrogen-bond donors (Lipinski definition) is 0. The number of rotatable bonds is 66. The van der Waals surface area contributed by atoms with Crippen LogP contribution >= 0.6 is 0 Å². The lowest BCUT2D eigenvalue weighted by Gasteiger charge is -2.18. The summed E-state index contributed by atoms with van der Waals surface area (Å²) in [5.74, 6) is -0.857.